The first kappa shape index (κ1) is 12.8. The van der Waals surface area contributed by atoms with Crippen LogP contribution in [0.4, 0.5) is 10.1 Å². The Labute approximate surface area is 110 Å². The molecule has 19 heavy (non-hydrogen) atoms. The fraction of sp³-hybridized carbons (Fsp3) is 0.143. The summed E-state index contributed by atoms with van der Waals surface area (Å²) in [5, 5.41) is 3.04. The van der Waals surface area contributed by atoms with E-state index in [0.29, 0.717) is 18.1 Å². The van der Waals surface area contributed by atoms with Gasteiger partial charge in [0.05, 0.1) is 31.7 Å². The van der Waals surface area contributed by atoms with Crippen molar-refractivity contribution < 1.29 is 9.13 Å². The number of halogens is 1. The normalized spacial score (nSPS) is 9.74. The summed E-state index contributed by atoms with van der Waals surface area (Å²) >= 11 is 0. The van der Waals surface area contributed by atoms with E-state index in [1.165, 1.54) is 0 Å². The number of nitrogens with one attached hydrogen (secondary N) is 1. The van der Waals surface area contributed by atoms with Crippen molar-refractivity contribution in [3.05, 3.63) is 36.4 Å². The quantitative estimate of drug-likeness (QED) is 0.854. The molecule has 0 bridgehead atoms. The van der Waals surface area contributed by atoms with E-state index < -0.39 is 5.82 Å². The van der Waals surface area contributed by atoms with E-state index in [1.807, 2.05) is 12.1 Å². The maximum absolute atomic E-state index is 12.8. The van der Waals surface area contributed by atoms with Crippen molar-refractivity contribution in [3.8, 4) is 29.5 Å². The van der Waals surface area contributed by atoms with Gasteiger partial charge < -0.3 is 10.1 Å². The Hall–Kier alpha value is -2.61. The molecule has 1 aromatic carbocycles. The predicted molar refractivity (Wildman–Crippen MR) is 71.3 cm³/mol. The maximum atomic E-state index is 12.8. The molecule has 0 radical (unpaired) electrons. The van der Waals surface area contributed by atoms with Crippen molar-refractivity contribution in [1.29, 1.82) is 0 Å². The molecule has 4 nitrogen and oxygen atoms in total. The predicted octanol–water partition coefficient (Wildman–Crippen LogP) is 2.34. The molecule has 0 aliphatic carbocycles. The summed E-state index contributed by atoms with van der Waals surface area (Å²) < 4.78 is 18.0. The average molecular weight is 257 g/mol. The molecule has 2 rings (SSSR count). The summed E-state index contributed by atoms with van der Waals surface area (Å²) in [6.07, 6.45) is 7.44. The number of aromatic nitrogens is 2. The summed E-state index contributed by atoms with van der Waals surface area (Å²) in [5.41, 5.74) is 1.52. The van der Waals surface area contributed by atoms with Crippen molar-refractivity contribution in [2.24, 2.45) is 0 Å². The number of nitrogens with zero attached hydrogens (tertiary/aromatic N) is 2. The van der Waals surface area contributed by atoms with Gasteiger partial charge in [0, 0.05) is 5.56 Å². The standard InChI is InChI=1S/C14H12FN3O/c1-3-6-16-12-5-4-10(7-13(12)19-2)14-17-8-11(15)9-18-14/h1,4-5,7-9,16H,6H2,2H3. The van der Waals surface area contributed by atoms with Gasteiger partial charge in [-0.05, 0) is 18.2 Å². The second-order valence-corrected chi connectivity index (χ2v) is 3.70. The van der Waals surface area contributed by atoms with Gasteiger partial charge in [-0.25, -0.2) is 14.4 Å². The van der Waals surface area contributed by atoms with Crippen LogP contribution in [-0.4, -0.2) is 23.6 Å². The second kappa shape index (κ2) is 5.83. The van der Waals surface area contributed by atoms with E-state index in [1.54, 1.807) is 13.2 Å². The third kappa shape index (κ3) is 2.99. The van der Waals surface area contributed by atoms with Crippen LogP contribution < -0.4 is 10.1 Å². The maximum Gasteiger partial charge on any atom is 0.159 e. The third-order valence-electron chi connectivity index (χ3n) is 2.46. The SMILES string of the molecule is C#CCNc1ccc(-c2ncc(F)cn2)cc1OC. The van der Waals surface area contributed by atoms with Gasteiger partial charge >= 0.3 is 0 Å². The van der Waals surface area contributed by atoms with Crippen LogP contribution in [-0.2, 0) is 0 Å². The Morgan fingerprint density at radius 3 is 2.74 bits per heavy atom. The number of hydrogen-bond acceptors (Lipinski definition) is 4. The zero-order chi connectivity index (χ0) is 13.7. The highest BCUT2D eigenvalue weighted by atomic mass is 19.1. The zero-order valence-electron chi connectivity index (χ0n) is 10.4. The topological polar surface area (TPSA) is 47.0 Å². The average Bonchev–Trinajstić information content (AvgIpc) is 2.46. The minimum Gasteiger partial charge on any atom is -0.495 e. The van der Waals surface area contributed by atoms with E-state index in [0.717, 1.165) is 23.6 Å². The van der Waals surface area contributed by atoms with Crippen molar-refractivity contribution in [1.82, 2.24) is 9.97 Å². The van der Waals surface area contributed by atoms with E-state index >= 15 is 0 Å². The number of ether oxygens (including phenoxy) is 1. The van der Waals surface area contributed by atoms with Gasteiger partial charge in [0.1, 0.15) is 5.75 Å². The zero-order valence-corrected chi connectivity index (χ0v) is 10.4. The molecule has 0 saturated carbocycles. The number of anilines is 1. The van der Waals surface area contributed by atoms with Gasteiger partial charge in [0.25, 0.3) is 0 Å². The molecule has 0 amide bonds. The molecule has 1 heterocycles. The van der Waals surface area contributed by atoms with Crippen LogP contribution in [0.3, 0.4) is 0 Å². The number of terminal acetylenes is 1. The first-order chi connectivity index (χ1) is 9.24. The molecule has 1 N–H and O–H groups in total. The van der Waals surface area contributed by atoms with E-state index in [2.05, 4.69) is 21.2 Å². The van der Waals surface area contributed by atoms with Crippen LogP contribution >= 0.6 is 0 Å². The van der Waals surface area contributed by atoms with Crippen molar-refractivity contribution >= 4 is 5.69 Å². The first-order valence-electron chi connectivity index (χ1n) is 5.58. The highest BCUT2D eigenvalue weighted by Crippen LogP contribution is 2.29. The monoisotopic (exact) mass is 257 g/mol. The van der Waals surface area contributed by atoms with E-state index in [9.17, 15) is 4.39 Å². The summed E-state index contributed by atoms with van der Waals surface area (Å²) in [6, 6.07) is 5.40. The highest BCUT2D eigenvalue weighted by Gasteiger charge is 2.07. The van der Waals surface area contributed by atoms with Crippen LogP contribution in [0, 0.1) is 18.2 Å². The van der Waals surface area contributed by atoms with Crippen molar-refractivity contribution in [3.63, 3.8) is 0 Å². The molecule has 0 fully saturated rings. The Kier molecular flexibility index (Phi) is 3.94. The van der Waals surface area contributed by atoms with E-state index in [-0.39, 0.29) is 0 Å². The van der Waals surface area contributed by atoms with Crippen LogP contribution in [0.2, 0.25) is 0 Å². The Morgan fingerprint density at radius 2 is 2.11 bits per heavy atom. The largest absolute Gasteiger partial charge is 0.495 e. The number of methoxy groups -OCH3 is 1. The summed E-state index contributed by atoms with van der Waals surface area (Å²) in [6.45, 7) is 0.406. The van der Waals surface area contributed by atoms with Gasteiger partial charge in [0.15, 0.2) is 11.6 Å². The lowest BCUT2D eigenvalue weighted by molar-refractivity contribution is 0.416. The van der Waals surface area contributed by atoms with Gasteiger partial charge in [-0.3, -0.25) is 0 Å². The van der Waals surface area contributed by atoms with Crippen molar-refractivity contribution in [2.75, 3.05) is 19.0 Å². The minimum atomic E-state index is -0.469. The molecule has 2 aromatic rings. The first-order valence-corrected chi connectivity index (χ1v) is 5.58. The molecule has 0 aliphatic rings. The Balaban J connectivity index is 2.33. The lowest BCUT2D eigenvalue weighted by Gasteiger charge is -2.10. The van der Waals surface area contributed by atoms with Crippen LogP contribution in [0.1, 0.15) is 0 Å². The molecule has 0 saturated heterocycles. The van der Waals surface area contributed by atoms with Crippen LogP contribution in [0.25, 0.3) is 11.4 Å². The summed E-state index contributed by atoms with van der Waals surface area (Å²) in [5.74, 6) is 3.08. The van der Waals surface area contributed by atoms with Crippen LogP contribution in [0.5, 0.6) is 5.75 Å². The van der Waals surface area contributed by atoms with Gasteiger partial charge in [-0.15, -0.1) is 6.42 Å². The van der Waals surface area contributed by atoms with Crippen LogP contribution in [0.15, 0.2) is 30.6 Å². The minimum absolute atomic E-state index is 0.406. The molecule has 0 atom stereocenters. The molecular weight excluding hydrogens is 245 g/mol. The summed E-state index contributed by atoms with van der Waals surface area (Å²) in [4.78, 5) is 7.84. The molecule has 5 heteroatoms. The van der Waals surface area contributed by atoms with E-state index in [4.69, 9.17) is 11.2 Å². The Bertz CT molecular complexity index is 605. The molecular formula is C14H12FN3O. The Morgan fingerprint density at radius 1 is 1.37 bits per heavy atom. The summed E-state index contributed by atoms with van der Waals surface area (Å²) in [7, 11) is 1.56. The second-order valence-electron chi connectivity index (χ2n) is 3.70. The van der Waals surface area contributed by atoms with Gasteiger partial charge in [-0.2, -0.15) is 0 Å². The van der Waals surface area contributed by atoms with Crippen molar-refractivity contribution in [2.45, 2.75) is 0 Å². The number of rotatable bonds is 4. The molecule has 96 valence electrons. The molecule has 0 spiro atoms. The molecule has 1 aromatic heterocycles. The van der Waals surface area contributed by atoms with Gasteiger partial charge in [0.2, 0.25) is 0 Å². The third-order valence-corrected chi connectivity index (χ3v) is 2.46. The highest BCUT2D eigenvalue weighted by molar-refractivity contribution is 5.67. The number of benzene rings is 1. The fourth-order valence-corrected chi connectivity index (χ4v) is 1.58. The number of hydrogen-bond donors (Lipinski definition) is 1. The fourth-order valence-electron chi connectivity index (χ4n) is 1.58. The molecule has 0 aliphatic heterocycles. The smallest absolute Gasteiger partial charge is 0.159 e. The van der Waals surface area contributed by atoms with Gasteiger partial charge in [-0.1, -0.05) is 5.92 Å². The lowest BCUT2D eigenvalue weighted by Crippen LogP contribution is -2.01. The molecule has 0 unspecified atom stereocenters. The lowest BCUT2D eigenvalue weighted by atomic mass is 10.1.